The first-order valence-corrected chi connectivity index (χ1v) is 5.05. The second kappa shape index (κ2) is 4.99. The highest BCUT2D eigenvalue weighted by molar-refractivity contribution is 6.67. The molecule has 0 N–H and O–H groups in total. The smallest absolute Gasteiger partial charge is 0.252 e. The molecular formula is C12H13ClO2. The number of benzene rings is 1. The Labute approximate surface area is 94.5 Å². The molecule has 0 bridgehead atoms. The van der Waals surface area contributed by atoms with Crippen LogP contribution in [-0.4, -0.2) is 11.3 Å². The van der Waals surface area contributed by atoms with Crippen LogP contribution in [0.15, 0.2) is 24.8 Å². The minimum Gasteiger partial charge on any atom is -0.490 e. The van der Waals surface area contributed by atoms with Gasteiger partial charge in [0.1, 0.15) is 5.75 Å². The Balaban J connectivity index is 3.12. The molecule has 2 nitrogen and oxygen atoms in total. The molecule has 0 amide bonds. The Bertz CT molecular complexity index is 383. The molecule has 0 aliphatic carbocycles. The maximum Gasteiger partial charge on any atom is 0.252 e. The molecule has 0 aliphatic heterocycles. The summed E-state index contributed by atoms with van der Waals surface area (Å²) in [5.74, 6) is 0.631. The van der Waals surface area contributed by atoms with E-state index in [0.717, 1.165) is 5.56 Å². The van der Waals surface area contributed by atoms with Crippen molar-refractivity contribution in [2.24, 2.45) is 0 Å². The average molecular weight is 225 g/mol. The minimum atomic E-state index is -0.487. The summed E-state index contributed by atoms with van der Waals surface area (Å²) in [7, 11) is 0. The number of hydrogen-bond acceptors (Lipinski definition) is 2. The van der Waals surface area contributed by atoms with Crippen LogP contribution < -0.4 is 4.74 Å². The van der Waals surface area contributed by atoms with Crippen LogP contribution in [0.5, 0.6) is 5.75 Å². The van der Waals surface area contributed by atoms with E-state index in [9.17, 15) is 4.79 Å². The van der Waals surface area contributed by atoms with Crippen molar-refractivity contribution in [3.8, 4) is 5.75 Å². The van der Waals surface area contributed by atoms with Crippen LogP contribution >= 0.6 is 11.6 Å². The first kappa shape index (κ1) is 11.8. The van der Waals surface area contributed by atoms with Gasteiger partial charge in [-0.25, -0.2) is 0 Å². The second-order valence-electron chi connectivity index (χ2n) is 3.40. The summed E-state index contributed by atoms with van der Waals surface area (Å²) in [6.45, 7) is 7.51. The van der Waals surface area contributed by atoms with Gasteiger partial charge < -0.3 is 4.74 Å². The van der Waals surface area contributed by atoms with E-state index in [0.29, 0.717) is 11.3 Å². The van der Waals surface area contributed by atoms with E-state index in [-0.39, 0.29) is 6.10 Å². The average Bonchev–Trinajstić information content (AvgIpc) is 2.16. The molecule has 80 valence electrons. The first-order valence-electron chi connectivity index (χ1n) is 4.67. The maximum absolute atomic E-state index is 11.0. The predicted octanol–water partition coefficient (Wildman–Crippen LogP) is 3.50. The Kier molecular flexibility index (Phi) is 3.92. The number of rotatable bonds is 4. The standard InChI is InChI=1S/C12H13ClO2/c1-4-9-5-6-10(12(13)14)7-11(9)15-8(2)3/h4-8H,1H2,2-3H3. The quantitative estimate of drug-likeness (QED) is 0.732. The maximum atomic E-state index is 11.0. The highest BCUT2D eigenvalue weighted by Crippen LogP contribution is 2.23. The molecule has 0 radical (unpaired) electrons. The van der Waals surface area contributed by atoms with Gasteiger partial charge in [0.2, 0.25) is 0 Å². The van der Waals surface area contributed by atoms with Crippen LogP contribution in [0.1, 0.15) is 29.8 Å². The van der Waals surface area contributed by atoms with Crippen molar-refractivity contribution >= 4 is 22.9 Å². The van der Waals surface area contributed by atoms with Gasteiger partial charge in [-0.2, -0.15) is 0 Å². The van der Waals surface area contributed by atoms with Gasteiger partial charge in [-0.05, 0) is 37.6 Å². The summed E-state index contributed by atoms with van der Waals surface area (Å²) < 4.78 is 5.54. The summed E-state index contributed by atoms with van der Waals surface area (Å²) in [6.07, 6.45) is 1.73. The van der Waals surface area contributed by atoms with Crippen LogP contribution in [0.4, 0.5) is 0 Å². The van der Waals surface area contributed by atoms with Crippen LogP contribution in [0, 0.1) is 0 Å². The lowest BCUT2D eigenvalue weighted by molar-refractivity contribution is 0.108. The molecule has 0 saturated heterocycles. The molecule has 0 heterocycles. The third kappa shape index (κ3) is 3.10. The van der Waals surface area contributed by atoms with Crippen LogP contribution in [0.2, 0.25) is 0 Å². The summed E-state index contributed by atoms with van der Waals surface area (Å²) in [5, 5.41) is -0.487. The van der Waals surface area contributed by atoms with Crippen molar-refractivity contribution in [3.63, 3.8) is 0 Å². The van der Waals surface area contributed by atoms with E-state index in [1.54, 1.807) is 24.3 Å². The summed E-state index contributed by atoms with van der Waals surface area (Å²) in [5.41, 5.74) is 1.28. The first-order chi connectivity index (χ1) is 7.04. The van der Waals surface area contributed by atoms with Crippen molar-refractivity contribution in [2.75, 3.05) is 0 Å². The molecule has 0 saturated carbocycles. The van der Waals surface area contributed by atoms with Crippen LogP contribution in [0.25, 0.3) is 6.08 Å². The fourth-order valence-electron chi connectivity index (χ4n) is 1.18. The molecular weight excluding hydrogens is 212 g/mol. The van der Waals surface area contributed by atoms with Gasteiger partial charge in [0, 0.05) is 11.1 Å². The van der Waals surface area contributed by atoms with Gasteiger partial charge in [-0.15, -0.1) is 0 Å². The molecule has 1 rings (SSSR count). The number of hydrogen-bond donors (Lipinski definition) is 0. The van der Waals surface area contributed by atoms with Crippen molar-refractivity contribution in [1.29, 1.82) is 0 Å². The Hall–Kier alpha value is -1.28. The molecule has 1 aromatic rings. The van der Waals surface area contributed by atoms with E-state index in [1.807, 2.05) is 13.8 Å². The zero-order valence-electron chi connectivity index (χ0n) is 8.79. The fraction of sp³-hybridized carbons (Fsp3) is 0.250. The largest absolute Gasteiger partial charge is 0.490 e. The van der Waals surface area contributed by atoms with Crippen LogP contribution in [-0.2, 0) is 0 Å². The predicted molar refractivity (Wildman–Crippen MR) is 62.5 cm³/mol. The Morgan fingerprint density at radius 3 is 2.67 bits per heavy atom. The van der Waals surface area contributed by atoms with E-state index >= 15 is 0 Å². The van der Waals surface area contributed by atoms with E-state index in [2.05, 4.69) is 6.58 Å². The Morgan fingerprint density at radius 1 is 1.53 bits per heavy atom. The molecule has 0 spiro atoms. The molecule has 0 aromatic heterocycles. The van der Waals surface area contributed by atoms with E-state index in [1.165, 1.54) is 0 Å². The van der Waals surface area contributed by atoms with Gasteiger partial charge in [0.15, 0.2) is 0 Å². The zero-order valence-corrected chi connectivity index (χ0v) is 9.54. The normalized spacial score (nSPS) is 10.1. The molecule has 0 unspecified atom stereocenters. The summed E-state index contributed by atoms with van der Waals surface area (Å²) in [6, 6.07) is 5.05. The molecule has 15 heavy (non-hydrogen) atoms. The number of ether oxygens (including phenoxy) is 1. The Morgan fingerprint density at radius 2 is 2.20 bits per heavy atom. The zero-order chi connectivity index (χ0) is 11.4. The summed E-state index contributed by atoms with van der Waals surface area (Å²) >= 11 is 5.39. The van der Waals surface area contributed by atoms with Crippen LogP contribution in [0.3, 0.4) is 0 Å². The SMILES string of the molecule is C=Cc1ccc(C(=O)Cl)cc1OC(C)C. The lowest BCUT2D eigenvalue weighted by Crippen LogP contribution is -2.07. The second-order valence-corrected chi connectivity index (χ2v) is 3.74. The molecule has 0 aliphatic rings. The van der Waals surface area contributed by atoms with Gasteiger partial charge in [-0.1, -0.05) is 18.7 Å². The lowest BCUT2D eigenvalue weighted by Gasteiger charge is -2.12. The van der Waals surface area contributed by atoms with Gasteiger partial charge in [-0.3, -0.25) is 4.79 Å². The highest BCUT2D eigenvalue weighted by atomic mass is 35.5. The monoisotopic (exact) mass is 224 g/mol. The molecule has 0 fully saturated rings. The number of carbonyl (C=O) groups is 1. The third-order valence-electron chi connectivity index (χ3n) is 1.82. The lowest BCUT2D eigenvalue weighted by atomic mass is 10.1. The highest BCUT2D eigenvalue weighted by Gasteiger charge is 2.08. The van der Waals surface area contributed by atoms with Crippen molar-refractivity contribution < 1.29 is 9.53 Å². The minimum absolute atomic E-state index is 0.0457. The molecule has 0 atom stereocenters. The van der Waals surface area contributed by atoms with Gasteiger partial charge in [0.05, 0.1) is 6.10 Å². The summed E-state index contributed by atoms with van der Waals surface area (Å²) in [4.78, 5) is 11.0. The van der Waals surface area contributed by atoms with Gasteiger partial charge in [0.25, 0.3) is 5.24 Å². The van der Waals surface area contributed by atoms with Crippen molar-refractivity contribution in [3.05, 3.63) is 35.9 Å². The van der Waals surface area contributed by atoms with E-state index in [4.69, 9.17) is 16.3 Å². The number of halogens is 1. The van der Waals surface area contributed by atoms with Crippen molar-refractivity contribution in [1.82, 2.24) is 0 Å². The number of carbonyl (C=O) groups excluding carboxylic acids is 1. The topological polar surface area (TPSA) is 26.3 Å². The molecule has 1 aromatic carbocycles. The van der Waals surface area contributed by atoms with Gasteiger partial charge >= 0.3 is 0 Å². The van der Waals surface area contributed by atoms with E-state index < -0.39 is 5.24 Å². The van der Waals surface area contributed by atoms with Crippen molar-refractivity contribution in [2.45, 2.75) is 20.0 Å². The third-order valence-corrected chi connectivity index (χ3v) is 2.04. The molecule has 3 heteroatoms. The fourth-order valence-corrected chi connectivity index (χ4v) is 1.30.